The largest absolute Gasteiger partial charge is 0.494 e. The summed E-state index contributed by atoms with van der Waals surface area (Å²) >= 11 is 0. The molecule has 0 spiro atoms. The van der Waals surface area contributed by atoms with Crippen LogP contribution in [0.3, 0.4) is 0 Å². The van der Waals surface area contributed by atoms with E-state index in [0.717, 1.165) is 32.8 Å². The number of carbonyl (C=O) groups excluding carboxylic acids is 2. The normalized spacial score (nSPS) is 16.7. The molecule has 2 aliphatic rings. The number of rotatable bonds is 28. The highest BCUT2D eigenvalue weighted by molar-refractivity contribution is 6.64. The molecule has 2 saturated heterocycles. The van der Waals surface area contributed by atoms with Crippen molar-refractivity contribution in [2.75, 3.05) is 99.6 Å². The molecule has 0 aliphatic carbocycles. The highest BCUT2D eigenvalue weighted by Crippen LogP contribution is 2.42. The third-order valence-electron chi connectivity index (χ3n) is 13.4. The minimum Gasteiger partial charge on any atom is -0.490 e. The number of carbonyl (C=O) groups is 2. The van der Waals surface area contributed by atoms with Crippen LogP contribution in [0.2, 0.25) is 0 Å². The summed E-state index contributed by atoms with van der Waals surface area (Å²) in [5.41, 5.74) is 3.02. The van der Waals surface area contributed by atoms with Gasteiger partial charge in [-0.05, 0) is 137 Å². The van der Waals surface area contributed by atoms with Gasteiger partial charge in [0.2, 0.25) is 0 Å². The molecule has 0 unspecified atom stereocenters. The van der Waals surface area contributed by atoms with Gasteiger partial charge < -0.3 is 66.4 Å². The Labute approximate surface area is 425 Å². The van der Waals surface area contributed by atoms with Crippen LogP contribution in [0.4, 0.5) is 0 Å². The van der Waals surface area contributed by atoms with E-state index in [9.17, 15) is 9.59 Å². The Bertz CT molecular complexity index is 2240. The van der Waals surface area contributed by atoms with E-state index in [-0.39, 0.29) is 58.4 Å². The van der Waals surface area contributed by atoms with Gasteiger partial charge in [-0.25, -0.2) is 9.59 Å². The van der Waals surface area contributed by atoms with Gasteiger partial charge in [-0.3, -0.25) is 0 Å². The molecule has 2 heterocycles. The lowest BCUT2D eigenvalue weighted by atomic mass is 9.72. The average molecular weight is 1000 g/mol. The van der Waals surface area contributed by atoms with Crippen molar-refractivity contribution >= 4 is 47.9 Å². The lowest BCUT2D eigenvalue weighted by Crippen LogP contribution is -2.41. The molecule has 72 heavy (non-hydrogen) atoms. The highest BCUT2D eigenvalue weighted by atomic mass is 16.7. The van der Waals surface area contributed by atoms with Crippen molar-refractivity contribution in [3.63, 3.8) is 0 Å². The summed E-state index contributed by atoms with van der Waals surface area (Å²) in [6.45, 7) is 23.8. The highest BCUT2D eigenvalue weighted by Gasteiger charge is 2.53. The zero-order valence-electron chi connectivity index (χ0n) is 44.1. The number of aliphatic hydroxyl groups is 1. The fraction of sp³-hybridized carbons (Fsp3) is 0.556. The second kappa shape index (κ2) is 25.7. The van der Waals surface area contributed by atoms with Gasteiger partial charge >= 0.3 is 26.2 Å². The second-order valence-electron chi connectivity index (χ2n) is 19.5. The van der Waals surface area contributed by atoms with E-state index in [0.29, 0.717) is 74.3 Å². The molecule has 2 aliphatic heterocycles. The second-order valence-corrected chi connectivity index (χ2v) is 19.5. The predicted octanol–water partition coefficient (Wildman–Crippen LogP) is 6.73. The van der Waals surface area contributed by atoms with Gasteiger partial charge in [0, 0.05) is 7.11 Å². The number of aliphatic hydroxyl groups excluding tert-OH is 1. The number of ether oxygens (including phenoxy) is 9. The third-order valence-corrected chi connectivity index (χ3v) is 13.4. The van der Waals surface area contributed by atoms with Crippen LogP contribution in [0.15, 0.2) is 60.7 Å². The molecule has 1 N–H and O–H groups in total. The van der Waals surface area contributed by atoms with Crippen molar-refractivity contribution in [3.05, 3.63) is 77.4 Å². The molecule has 2 fully saturated rings. The van der Waals surface area contributed by atoms with Crippen molar-refractivity contribution in [2.24, 2.45) is 0 Å². The number of methoxy groups -OCH3 is 1. The van der Waals surface area contributed by atoms with Gasteiger partial charge in [-0.1, -0.05) is 42.5 Å². The third kappa shape index (κ3) is 14.0. The molecule has 6 rings (SSSR count). The minimum absolute atomic E-state index is 0.0497. The Morgan fingerprint density at radius 3 is 1.40 bits per heavy atom. The number of esters is 2. The summed E-state index contributed by atoms with van der Waals surface area (Å²) in [4.78, 5) is 27.6. The van der Waals surface area contributed by atoms with E-state index in [1.165, 1.54) is 0 Å². The molecule has 392 valence electrons. The van der Waals surface area contributed by atoms with Gasteiger partial charge in [0.15, 0.2) is 0 Å². The van der Waals surface area contributed by atoms with Crippen LogP contribution < -0.4 is 15.7 Å². The summed E-state index contributed by atoms with van der Waals surface area (Å²) in [6.07, 6.45) is 0. The molecule has 0 radical (unpaired) electrons. The zero-order chi connectivity index (χ0) is 52.1. The van der Waals surface area contributed by atoms with Crippen LogP contribution in [-0.2, 0) is 63.1 Å². The lowest BCUT2D eigenvalue weighted by molar-refractivity contribution is 0.00429. The topological polar surface area (TPSA) is 174 Å². The summed E-state index contributed by atoms with van der Waals surface area (Å²) in [5.74, 6) is -0.694. The lowest BCUT2D eigenvalue weighted by Gasteiger charge is -2.32. The molecular weight excluding hydrogens is 926 g/mol. The zero-order valence-corrected chi connectivity index (χ0v) is 44.1. The van der Waals surface area contributed by atoms with Crippen molar-refractivity contribution in [1.29, 1.82) is 0 Å². The fourth-order valence-corrected chi connectivity index (χ4v) is 8.04. The van der Waals surface area contributed by atoms with Gasteiger partial charge in [0.05, 0.1) is 120 Å². The van der Waals surface area contributed by atoms with Gasteiger partial charge in [-0.2, -0.15) is 0 Å². The van der Waals surface area contributed by atoms with E-state index in [1.807, 2.05) is 91.8 Å². The van der Waals surface area contributed by atoms with E-state index in [2.05, 4.69) is 12.1 Å². The Morgan fingerprint density at radius 1 is 0.514 bits per heavy atom. The van der Waals surface area contributed by atoms with Crippen LogP contribution in [-0.4, -0.2) is 153 Å². The molecule has 16 nitrogen and oxygen atoms in total. The van der Waals surface area contributed by atoms with Gasteiger partial charge in [-0.15, -0.1) is 0 Å². The Morgan fingerprint density at radius 2 is 0.931 bits per heavy atom. The first-order valence-electron chi connectivity index (χ1n) is 24.9. The molecule has 0 bridgehead atoms. The van der Waals surface area contributed by atoms with E-state index in [4.69, 9.17) is 66.4 Å². The number of hydrogen-bond donors (Lipinski definition) is 1. The molecule has 18 heteroatoms. The molecule has 0 saturated carbocycles. The smallest absolute Gasteiger partial charge is 0.490 e. The Kier molecular flexibility index (Phi) is 20.3. The van der Waals surface area contributed by atoms with Crippen LogP contribution in [0, 0.1) is 0 Å². The monoisotopic (exact) mass is 1000 g/mol. The van der Waals surface area contributed by atoms with Gasteiger partial charge in [0.1, 0.15) is 17.9 Å². The SMILES string of the molecule is CCOC(=O)c1cc(-c2cc(B3OC(C)(C)C(C)(C)O3)cc3c(-c4ccc(OCCOCCOCCOC)c(C(=O)OCC)c4)cc(B4OC(C)(C)C(C)(C)O4)cc23)ccc1COCCOCCOCCO. The van der Waals surface area contributed by atoms with Crippen molar-refractivity contribution in [1.82, 2.24) is 0 Å². The van der Waals surface area contributed by atoms with Crippen molar-refractivity contribution in [3.8, 4) is 28.0 Å². The summed E-state index contributed by atoms with van der Waals surface area (Å²) in [6, 6.07) is 19.3. The van der Waals surface area contributed by atoms with Crippen LogP contribution in [0.1, 0.15) is 95.5 Å². The maximum Gasteiger partial charge on any atom is 0.494 e. The molecule has 0 aromatic heterocycles. The summed E-state index contributed by atoms with van der Waals surface area (Å²) in [7, 11) is 0.0910. The average Bonchev–Trinajstić information content (AvgIpc) is 3.71. The first kappa shape index (κ1) is 56.9. The van der Waals surface area contributed by atoms with Crippen LogP contribution in [0.25, 0.3) is 33.0 Å². The molecule has 0 amide bonds. The van der Waals surface area contributed by atoms with Crippen molar-refractivity contribution < 1.29 is 75.9 Å². The maximum absolute atomic E-state index is 13.8. The Balaban J connectivity index is 1.49. The predicted molar refractivity (Wildman–Crippen MR) is 276 cm³/mol. The van der Waals surface area contributed by atoms with E-state index >= 15 is 0 Å². The molecule has 4 aromatic rings. The number of benzene rings is 4. The number of fused-ring (bicyclic) bond motifs is 1. The first-order chi connectivity index (χ1) is 34.4. The van der Waals surface area contributed by atoms with Crippen LogP contribution >= 0.6 is 0 Å². The molecule has 4 aromatic carbocycles. The quantitative estimate of drug-likeness (QED) is 0.0360. The van der Waals surface area contributed by atoms with Crippen molar-refractivity contribution in [2.45, 2.75) is 98.2 Å². The Hall–Kier alpha value is -4.43. The summed E-state index contributed by atoms with van der Waals surface area (Å²) in [5, 5.41) is 10.5. The van der Waals surface area contributed by atoms with E-state index in [1.54, 1.807) is 33.1 Å². The molecular formula is C54H74B2O16. The fourth-order valence-electron chi connectivity index (χ4n) is 8.04. The van der Waals surface area contributed by atoms with Gasteiger partial charge in [0.25, 0.3) is 0 Å². The first-order valence-corrected chi connectivity index (χ1v) is 24.9. The molecule has 0 atom stereocenters. The summed E-state index contributed by atoms with van der Waals surface area (Å²) < 4.78 is 77.3. The maximum atomic E-state index is 13.8. The number of hydrogen-bond acceptors (Lipinski definition) is 16. The standard InChI is InChI=1S/C54H74B2O16/c1-12-66-49(58)44-30-37(14-15-39(44)36-65-27-26-63-23-22-61-19-18-57)42-32-40(55-69-51(3,4)52(5,6)70-55)35-46-43(33-41(34-45(42)46)56-71-53(7,8)54(9,10)72-56)38-16-17-48(47(31-38)50(59)67-13-2)68-29-28-64-25-24-62-21-20-60-11/h14-17,30-35,57H,12-13,18-29,36H2,1-11H3. The van der Waals surface area contributed by atoms with E-state index < -0.39 is 48.6 Å². The van der Waals surface area contributed by atoms with Crippen LogP contribution in [0.5, 0.6) is 5.75 Å². The minimum atomic E-state index is -0.766.